The molecule has 0 atom stereocenters. The van der Waals surface area contributed by atoms with Crippen molar-refractivity contribution in [1.82, 2.24) is 5.32 Å². The molecule has 2 aromatic carbocycles. The van der Waals surface area contributed by atoms with Crippen LogP contribution in [0.4, 0.5) is 0 Å². The van der Waals surface area contributed by atoms with E-state index in [1.165, 1.54) is 0 Å². The molecule has 0 fully saturated rings. The third-order valence-corrected chi connectivity index (χ3v) is 3.92. The van der Waals surface area contributed by atoms with Crippen molar-refractivity contribution in [1.29, 1.82) is 0 Å². The number of ether oxygens (including phenoxy) is 2. The summed E-state index contributed by atoms with van der Waals surface area (Å²) in [5.41, 5.74) is 2.11. The lowest BCUT2D eigenvalue weighted by atomic mass is 10.2. The summed E-state index contributed by atoms with van der Waals surface area (Å²) in [7, 11) is 1.64. The number of rotatable bonds is 7. The minimum absolute atomic E-state index is 0.403. The van der Waals surface area contributed by atoms with Gasteiger partial charge in [0.25, 0.3) is 0 Å². The van der Waals surface area contributed by atoms with E-state index in [2.05, 4.69) is 12.2 Å². The summed E-state index contributed by atoms with van der Waals surface area (Å²) in [6, 6.07) is 11.4. The molecule has 2 aromatic rings. The van der Waals surface area contributed by atoms with Gasteiger partial charge in [0.1, 0.15) is 6.61 Å². The summed E-state index contributed by atoms with van der Waals surface area (Å²) in [6.45, 7) is 4.21. The summed E-state index contributed by atoms with van der Waals surface area (Å²) in [6.07, 6.45) is 0. The molecule has 3 nitrogen and oxygen atoms in total. The van der Waals surface area contributed by atoms with E-state index in [4.69, 9.17) is 32.7 Å². The molecule has 0 saturated heterocycles. The summed E-state index contributed by atoms with van der Waals surface area (Å²) in [5.74, 6) is 1.42. The first-order valence-electron chi connectivity index (χ1n) is 7.08. The summed E-state index contributed by atoms with van der Waals surface area (Å²) in [5, 5.41) is 4.34. The fourth-order valence-electron chi connectivity index (χ4n) is 2.00. The van der Waals surface area contributed by atoms with E-state index in [-0.39, 0.29) is 0 Å². The zero-order valence-corrected chi connectivity index (χ0v) is 14.2. The summed E-state index contributed by atoms with van der Waals surface area (Å²) < 4.78 is 11.2. The van der Waals surface area contributed by atoms with Gasteiger partial charge in [-0.15, -0.1) is 0 Å². The minimum Gasteiger partial charge on any atom is -0.493 e. The Morgan fingerprint density at radius 2 is 1.73 bits per heavy atom. The molecule has 0 radical (unpaired) electrons. The maximum Gasteiger partial charge on any atom is 0.161 e. The van der Waals surface area contributed by atoms with Crippen molar-refractivity contribution in [2.45, 2.75) is 20.1 Å². The van der Waals surface area contributed by atoms with Gasteiger partial charge in [0.15, 0.2) is 11.5 Å². The summed E-state index contributed by atoms with van der Waals surface area (Å²) >= 11 is 11.9. The van der Waals surface area contributed by atoms with Crippen LogP contribution in [-0.2, 0) is 13.2 Å². The number of benzene rings is 2. The van der Waals surface area contributed by atoms with Crippen molar-refractivity contribution < 1.29 is 9.47 Å². The van der Waals surface area contributed by atoms with Crippen LogP contribution < -0.4 is 14.8 Å². The molecule has 0 heterocycles. The van der Waals surface area contributed by atoms with Gasteiger partial charge < -0.3 is 14.8 Å². The Morgan fingerprint density at radius 3 is 2.41 bits per heavy atom. The molecule has 22 heavy (non-hydrogen) atoms. The van der Waals surface area contributed by atoms with Gasteiger partial charge in [-0.05, 0) is 41.9 Å². The number of hydrogen-bond donors (Lipinski definition) is 1. The number of halogens is 2. The van der Waals surface area contributed by atoms with Crippen molar-refractivity contribution in [3.8, 4) is 11.5 Å². The van der Waals surface area contributed by atoms with E-state index in [1.54, 1.807) is 19.2 Å². The molecule has 0 unspecified atom stereocenters. The van der Waals surface area contributed by atoms with Crippen LogP contribution in [0.25, 0.3) is 0 Å². The lowest BCUT2D eigenvalue weighted by Crippen LogP contribution is -2.11. The maximum absolute atomic E-state index is 6.00. The fourth-order valence-corrected chi connectivity index (χ4v) is 2.32. The average molecular weight is 340 g/mol. The molecule has 5 heteroatoms. The molecule has 1 N–H and O–H groups in total. The Labute approximate surface area is 141 Å². The highest BCUT2D eigenvalue weighted by Crippen LogP contribution is 2.29. The Kier molecular flexibility index (Phi) is 6.37. The molecule has 0 spiro atoms. The monoisotopic (exact) mass is 339 g/mol. The van der Waals surface area contributed by atoms with E-state index in [9.17, 15) is 0 Å². The van der Waals surface area contributed by atoms with E-state index >= 15 is 0 Å². The van der Waals surface area contributed by atoms with Crippen LogP contribution >= 0.6 is 23.2 Å². The Morgan fingerprint density at radius 1 is 0.955 bits per heavy atom. The highest BCUT2D eigenvalue weighted by Gasteiger charge is 2.07. The fraction of sp³-hybridized carbons (Fsp3) is 0.294. The minimum atomic E-state index is 0.403. The maximum atomic E-state index is 6.00. The lowest BCUT2D eigenvalue weighted by Gasteiger charge is -2.13. The van der Waals surface area contributed by atoms with Gasteiger partial charge in [0.2, 0.25) is 0 Å². The molecule has 0 aliphatic carbocycles. The van der Waals surface area contributed by atoms with Gasteiger partial charge in [-0.3, -0.25) is 0 Å². The van der Waals surface area contributed by atoms with Crippen LogP contribution in [0.2, 0.25) is 10.0 Å². The molecule has 0 bridgehead atoms. The summed E-state index contributed by atoms with van der Waals surface area (Å²) in [4.78, 5) is 0. The molecular formula is C17H19Cl2NO2. The Bertz CT molecular complexity index is 632. The predicted molar refractivity (Wildman–Crippen MR) is 91.2 cm³/mol. The first-order valence-corrected chi connectivity index (χ1v) is 7.84. The second kappa shape index (κ2) is 8.28. The van der Waals surface area contributed by atoms with Crippen LogP contribution in [-0.4, -0.2) is 13.7 Å². The van der Waals surface area contributed by atoms with Crippen LogP contribution in [0.5, 0.6) is 11.5 Å². The largest absolute Gasteiger partial charge is 0.493 e. The van der Waals surface area contributed by atoms with Gasteiger partial charge in [-0.25, -0.2) is 0 Å². The van der Waals surface area contributed by atoms with Crippen molar-refractivity contribution >= 4 is 23.2 Å². The molecular weight excluding hydrogens is 321 g/mol. The van der Waals surface area contributed by atoms with Crippen molar-refractivity contribution in [3.63, 3.8) is 0 Å². The van der Waals surface area contributed by atoms with Crippen LogP contribution in [0.15, 0.2) is 36.4 Å². The van der Waals surface area contributed by atoms with Crippen molar-refractivity contribution in [3.05, 3.63) is 57.6 Å². The third kappa shape index (κ3) is 4.54. The van der Waals surface area contributed by atoms with Gasteiger partial charge in [-0.2, -0.15) is 0 Å². The zero-order valence-electron chi connectivity index (χ0n) is 12.7. The molecule has 118 valence electrons. The Hall–Kier alpha value is -1.42. The molecule has 0 saturated carbocycles. The van der Waals surface area contributed by atoms with Gasteiger partial charge in [0.05, 0.1) is 17.2 Å². The van der Waals surface area contributed by atoms with Crippen LogP contribution in [0.1, 0.15) is 18.1 Å². The number of hydrogen-bond acceptors (Lipinski definition) is 3. The highest BCUT2D eigenvalue weighted by atomic mass is 35.5. The molecule has 0 aromatic heterocycles. The first kappa shape index (κ1) is 16.9. The Balaban J connectivity index is 2.06. The highest BCUT2D eigenvalue weighted by molar-refractivity contribution is 6.42. The smallest absolute Gasteiger partial charge is 0.161 e. The second-order valence-corrected chi connectivity index (χ2v) is 5.62. The normalized spacial score (nSPS) is 10.5. The van der Waals surface area contributed by atoms with E-state index in [0.717, 1.165) is 30.0 Å². The lowest BCUT2D eigenvalue weighted by molar-refractivity contribution is 0.284. The molecule has 2 rings (SSSR count). The van der Waals surface area contributed by atoms with Gasteiger partial charge in [-0.1, -0.05) is 42.3 Å². The molecule has 0 amide bonds. The van der Waals surface area contributed by atoms with E-state index < -0.39 is 0 Å². The number of nitrogens with one attached hydrogen (secondary N) is 1. The van der Waals surface area contributed by atoms with E-state index in [1.807, 2.05) is 24.3 Å². The quantitative estimate of drug-likeness (QED) is 0.793. The topological polar surface area (TPSA) is 30.5 Å². The van der Waals surface area contributed by atoms with Crippen LogP contribution in [0, 0.1) is 0 Å². The van der Waals surface area contributed by atoms with E-state index in [0.29, 0.717) is 22.4 Å². The first-order chi connectivity index (χ1) is 10.6. The standard InChI is InChI=1S/C17H19Cl2NO2/c1-3-20-10-12-5-7-16(17(9-12)21-2)22-11-13-4-6-14(18)15(19)8-13/h4-9,20H,3,10-11H2,1-2H3. The number of methoxy groups -OCH3 is 1. The van der Waals surface area contributed by atoms with Crippen molar-refractivity contribution in [2.75, 3.05) is 13.7 Å². The molecule has 0 aliphatic rings. The van der Waals surface area contributed by atoms with Gasteiger partial charge in [0, 0.05) is 6.54 Å². The van der Waals surface area contributed by atoms with Crippen LogP contribution in [0.3, 0.4) is 0 Å². The SMILES string of the molecule is CCNCc1ccc(OCc2ccc(Cl)c(Cl)c2)c(OC)c1. The predicted octanol–water partition coefficient (Wildman–Crippen LogP) is 4.69. The molecule has 0 aliphatic heterocycles. The second-order valence-electron chi connectivity index (χ2n) is 4.80. The van der Waals surface area contributed by atoms with Crippen molar-refractivity contribution in [2.24, 2.45) is 0 Å². The zero-order chi connectivity index (χ0) is 15.9. The average Bonchev–Trinajstić information content (AvgIpc) is 2.54. The van der Waals surface area contributed by atoms with Gasteiger partial charge >= 0.3 is 0 Å². The third-order valence-electron chi connectivity index (χ3n) is 3.19.